The smallest absolute Gasteiger partial charge is 0.117 e. The molecule has 20 heavy (non-hydrogen) atoms. The summed E-state index contributed by atoms with van der Waals surface area (Å²) in [6.07, 6.45) is 3.37. The summed E-state index contributed by atoms with van der Waals surface area (Å²) in [7, 11) is 0. The van der Waals surface area contributed by atoms with Gasteiger partial charge in [0.2, 0.25) is 0 Å². The Labute approximate surface area is 120 Å². The van der Waals surface area contributed by atoms with E-state index < -0.39 is 0 Å². The van der Waals surface area contributed by atoms with Crippen LogP contribution in [0.4, 0.5) is 0 Å². The molecule has 0 aliphatic rings. The molecule has 5 nitrogen and oxygen atoms in total. The summed E-state index contributed by atoms with van der Waals surface area (Å²) in [6, 6.07) is 11.0. The third-order valence-corrected chi connectivity index (χ3v) is 3.13. The monoisotopic (exact) mass is 286 g/mol. The van der Waals surface area contributed by atoms with Crippen LogP contribution in [-0.2, 0) is 6.61 Å². The summed E-state index contributed by atoms with van der Waals surface area (Å²) in [5.74, 6) is 0. The largest absolute Gasteiger partial charge is 0.390 e. The van der Waals surface area contributed by atoms with Gasteiger partial charge in [0, 0.05) is 23.0 Å². The Hall–Kier alpha value is -2.24. The number of benzene rings is 1. The van der Waals surface area contributed by atoms with Gasteiger partial charge in [0.15, 0.2) is 0 Å². The topological polar surface area (TPSA) is 63.8 Å². The standard InChI is InChI=1S/C14H11ClN4O/c15-11-2-1-3-12(8-11)19-14(13(9-20)17-18-19)10-4-6-16-7-5-10/h1-8,20H,9H2. The zero-order valence-corrected chi connectivity index (χ0v) is 11.2. The normalized spacial score (nSPS) is 10.7. The van der Waals surface area contributed by atoms with Crippen molar-refractivity contribution in [3.8, 4) is 16.9 Å². The molecule has 2 heterocycles. The lowest BCUT2D eigenvalue weighted by molar-refractivity contribution is 0.277. The Morgan fingerprint density at radius 3 is 2.65 bits per heavy atom. The van der Waals surface area contributed by atoms with E-state index >= 15 is 0 Å². The second-order valence-corrected chi connectivity index (χ2v) is 4.61. The number of aliphatic hydroxyl groups excluding tert-OH is 1. The average Bonchev–Trinajstić information content (AvgIpc) is 2.92. The van der Waals surface area contributed by atoms with Crippen molar-refractivity contribution in [1.82, 2.24) is 20.0 Å². The molecule has 0 aliphatic carbocycles. The molecule has 1 N–H and O–H groups in total. The van der Waals surface area contributed by atoms with Crippen LogP contribution < -0.4 is 0 Å². The second-order valence-electron chi connectivity index (χ2n) is 4.17. The van der Waals surface area contributed by atoms with Gasteiger partial charge < -0.3 is 5.11 Å². The van der Waals surface area contributed by atoms with Crippen LogP contribution in [0, 0.1) is 0 Å². The highest BCUT2D eigenvalue weighted by molar-refractivity contribution is 6.30. The van der Waals surface area contributed by atoms with Gasteiger partial charge in [0.25, 0.3) is 0 Å². The number of aliphatic hydroxyl groups is 1. The van der Waals surface area contributed by atoms with E-state index in [0.29, 0.717) is 10.7 Å². The predicted octanol–water partition coefficient (Wildman–Crippen LogP) is 2.47. The molecule has 6 heteroatoms. The number of hydrogen-bond donors (Lipinski definition) is 1. The van der Waals surface area contributed by atoms with Crippen LogP contribution in [0.2, 0.25) is 5.02 Å². The number of pyridine rings is 1. The van der Waals surface area contributed by atoms with Gasteiger partial charge in [-0.25, -0.2) is 4.68 Å². The van der Waals surface area contributed by atoms with Gasteiger partial charge in [-0.3, -0.25) is 4.98 Å². The molecule has 0 amide bonds. The van der Waals surface area contributed by atoms with Crippen molar-refractivity contribution >= 4 is 11.6 Å². The van der Waals surface area contributed by atoms with E-state index in [2.05, 4.69) is 15.3 Å². The molecule has 2 aromatic heterocycles. The fraction of sp³-hybridized carbons (Fsp3) is 0.0714. The van der Waals surface area contributed by atoms with Gasteiger partial charge >= 0.3 is 0 Å². The van der Waals surface area contributed by atoms with Crippen LogP contribution in [0.15, 0.2) is 48.8 Å². The Bertz CT molecular complexity index is 727. The molecule has 0 atom stereocenters. The van der Waals surface area contributed by atoms with E-state index in [9.17, 15) is 5.11 Å². The average molecular weight is 287 g/mol. The Morgan fingerprint density at radius 2 is 1.95 bits per heavy atom. The first-order valence-corrected chi connectivity index (χ1v) is 6.39. The van der Waals surface area contributed by atoms with E-state index in [0.717, 1.165) is 16.9 Å². The summed E-state index contributed by atoms with van der Waals surface area (Å²) in [4.78, 5) is 3.99. The van der Waals surface area contributed by atoms with Gasteiger partial charge in [-0.1, -0.05) is 22.9 Å². The first kappa shape index (κ1) is 12.8. The van der Waals surface area contributed by atoms with Gasteiger partial charge in [0.1, 0.15) is 11.4 Å². The van der Waals surface area contributed by atoms with Crippen LogP contribution in [-0.4, -0.2) is 25.1 Å². The van der Waals surface area contributed by atoms with Crippen LogP contribution in [0.1, 0.15) is 5.69 Å². The first-order valence-electron chi connectivity index (χ1n) is 6.01. The number of halogens is 1. The lowest BCUT2D eigenvalue weighted by Crippen LogP contribution is -2.00. The Kier molecular flexibility index (Phi) is 3.45. The molecule has 0 saturated carbocycles. The highest BCUT2D eigenvalue weighted by atomic mass is 35.5. The number of aromatic nitrogens is 4. The van der Waals surface area contributed by atoms with Crippen molar-refractivity contribution in [2.24, 2.45) is 0 Å². The number of rotatable bonds is 3. The third kappa shape index (κ3) is 2.29. The highest BCUT2D eigenvalue weighted by Crippen LogP contribution is 2.25. The van der Waals surface area contributed by atoms with Gasteiger partial charge in [-0.15, -0.1) is 5.10 Å². The SMILES string of the molecule is OCc1nnn(-c2cccc(Cl)c2)c1-c1ccncc1. The van der Waals surface area contributed by atoms with Crippen molar-refractivity contribution in [2.75, 3.05) is 0 Å². The van der Waals surface area contributed by atoms with Crippen molar-refractivity contribution in [3.63, 3.8) is 0 Å². The molecule has 3 rings (SSSR count). The molecular weight excluding hydrogens is 276 g/mol. The van der Waals surface area contributed by atoms with E-state index in [4.69, 9.17) is 11.6 Å². The number of nitrogens with zero attached hydrogens (tertiary/aromatic N) is 4. The molecule has 0 fully saturated rings. The van der Waals surface area contributed by atoms with Crippen molar-refractivity contribution in [2.45, 2.75) is 6.61 Å². The molecule has 1 aromatic carbocycles. The molecule has 0 spiro atoms. The molecule has 0 unspecified atom stereocenters. The lowest BCUT2D eigenvalue weighted by Gasteiger charge is -2.07. The van der Waals surface area contributed by atoms with Crippen molar-refractivity contribution in [3.05, 3.63) is 59.5 Å². The Balaban J connectivity index is 2.20. The summed E-state index contributed by atoms with van der Waals surface area (Å²) in [5.41, 5.74) is 2.92. The summed E-state index contributed by atoms with van der Waals surface area (Å²) >= 11 is 6.01. The highest BCUT2D eigenvalue weighted by Gasteiger charge is 2.15. The van der Waals surface area contributed by atoms with Crippen LogP contribution in [0.5, 0.6) is 0 Å². The van der Waals surface area contributed by atoms with E-state index in [1.165, 1.54) is 0 Å². The molecule has 3 aromatic rings. The van der Waals surface area contributed by atoms with E-state index in [-0.39, 0.29) is 6.61 Å². The van der Waals surface area contributed by atoms with Crippen molar-refractivity contribution < 1.29 is 5.11 Å². The van der Waals surface area contributed by atoms with Gasteiger partial charge in [0.05, 0.1) is 12.3 Å². The minimum absolute atomic E-state index is 0.182. The molecule has 0 saturated heterocycles. The minimum atomic E-state index is -0.182. The summed E-state index contributed by atoms with van der Waals surface area (Å²) < 4.78 is 1.66. The molecule has 100 valence electrons. The fourth-order valence-electron chi connectivity index (χ4n) is 2.01. The fourth-order valence-corrected chi connectivity index (χ4v) is 2.19. The maximum Gasteiger partial charge on any atom is 0.117 e. The van der Waals surface area contributed by atoms with E-state index in [1.54, 1.807) is 29.2 Å². The minimum Gasteiger partial charge on any atom is -0.390 e. The maximum absolute atomic E-state index is 9.44. The van der Waals surface area contributed by atoms with Crippen LogP contribution in [0.25, 0.3) is 16.9 Å². The second kappa shape index (κ2) is 5.40. The molecule has 0 bridgehead atoms. The summed E-state index contributed by atoms with van der Waals surface area (Å²) in [5, 5.41) is 18.2. The van der Waals surface area contributed by atoms with Gasteiger partial charge in [-0.2, -0.15) is 0 Å². The molecule has 0 radical (unpaired) electrons. The molecular formula is C14H11ClN4O. The van der Waals surface area contributed by atoms with E-state index in [1.807, 2.05) is 24.3 Å². The third-order valence-electron chi connectivity index (χ3n) is 2.90. The van der Waals surface area contributed by atoms with Crippen LogP contribution >= 0.6 is 11.6 Å². The lowest BCUT2D eigenvalue weighted by atomic mass is 10.1. The van der Waals surface area contributed by atoms with Crippen LogP contribution in [0.3, 0.4) is 0 Å². The summed E-state index contributed by atoms with van der Waals surface area (Å²) in [6.45, 7) is -0.182. The van der Waals surface area contributed by atoms with Crippen molar-refractivity contribution in [1.29, 1.82) is 0 Å². The maximum atomic E-state index is 9.44. The van der Waals surface area contributed by atoms with Gasteiger partial charge in [-0.05, 0) is 30.3 Å². The quantitative estimate of drug-likeness (QED) is 0.803. The first-order chi connectivity index (χ1) is 9.79. The Morgan fingerprint density at radius 1 is 1.15 bits per heavy atom. The number of hydrogen-bond acceptors (Lipinski definition) is 4. The zero-order chi connectivity index (χ0) is 13.9. The molecule has 0 aliphatic heterocycles. The predicted molar refractivity (Wildman–Crippen MR) is 75.5 cm³/mol. The zero-order valence-electron chi connectivity index (χ0n) is 10.4.